The summed E-state index contributed by atoms with van der Waals surface area (Å²) in [6, 6.07) is 15.3. The second-order valence-corrected chi connectivity index (χ2v) is 9.26. The number of aromatic amines is 1. The fraction of sp³-hybridized carbons (Fsp3) is 0.357. The fourth-order valence-corrected chi connectivity index (χ4v) is 4.82. The van der Waals surface area contributed by atoms with E-state index in [4.69, 9.17) is 4.42 Å². The molecule has 4 nitrogen and oxygen atoms in total. The Labute approximate surface area is 190 Å². The molecule has 0 aliphatic carbocycles. The maximum Gasteiger partial charge on any atom is 0.134 e. The number of hydrogen-bond acceptors (Lipinski definition) is 3. The maximum absolute atomic E-state index is 5.87. The van der Waals surface area contributed by atoms with Crippen molar-refractivity contribution in [3.63, 3.8) is 0 Å². The number of aryl methyl sites for hydroxylation is 2. The Morgan fingerprint density at radius 1 is 1.03 bits per heavy atom. The zero-order chi connectivity index (χ0) is 22.1. The lowest BCUT2D eigenvalue weighted by atomic mass is 10.1. The molecule has 0 saturated carbocycles. The number of aromatic nitrogens is 1. The first-order valence-electron chi connectivity index (χ1n) is 11.8. The van der Waals surface area contributed by atoms with E-state index < -0.39 is 0 Å². The van der Waals surface area contributed by atoms with Crippen molar-refractivity contribution >= 4 is 33.1 Å². The number of furan rings is 1. The van der Waals surface area contributed by atoms with E-state index in [0.29, 0.717) is 0 Å². The van der Waals surface area contributed by atoms with Gasteiger partial charge in [0.05, 0.1) is 0 Å². The standard InChI is InChI=1S/C28H33N3O/c1-20(2)28-18-23-17-24(8-10-27(23)32-28)31-14-12-30(13-15-31)11-5-4-6-22-19-29-26-9-7-21(3)16-25(22)26/h7-10,16-19,29H,1,4-6,11-15H2,2-3H3. The third kappa shape index (κ3) is 4.33. The second-order valence-electron chi connectivity index (χ2n) is 9.26. The molecule has 1 aliphatic rings. The summed E-state index contributed by atoms with van der Waals surface area (Å²) < 4.78 is 5.87. The topological polar surface area (TPSA) is 35.4 Å². The predicted molar refractivity (Wildman–Crippen MR) is 136 cm³/mol. The molecule has 166 valence electrons. The molecule has 1 fully saturated rings. The average Bonchev–Trinajstić information content (AvgIpc) is 3.40. The zero-order valence-electron chi connectivity index (χ0n) is 19.3. The number of unbranched alkanes of at least 4 members (excludes halogenated alkanes) is 1. The summed E-state index contributed by atoms with van der Waals surface area (Å²) in [5.74, 6) is 0.879. The van der Waals surface area contributed by atoms with Gasteiger partial charge in [0.15, 0.2) is 0 Å². The molecule has 32 heavy (non-hydrogen) atoms. The van der Waals surface area contributed by atoms with Gasteiger partial charge in [-0.1, -0.05) is 18.2 Å². The second kappa shape index (κ2) is 8.87. The van der Waals surface area contributed by atoms with E-state index >= 15 is 0 Å². The number of hydrogen-bond donors (Lipinski definition) is 1. The molecule has 1 aliphatic heterocycles. The van der Waals surface area contributed by atoms with Gasteiger partial charge in [0, 0.05) is 54.4 Å². The minimum atomic E-state index is 0.879. The van der Waals surface area contributed by atoms with Crippen LogP contribution in [0.5, 0.6) is 0 Å². The number of benzene rings is 2. The van der Waals surface area contributed by atoms with Crippen molar-refractivity contribution in [3.8, 4) is 0 Å². The van der Waals surface area contributed by atoms with Gasteiger partial charge in [-0.3, -0.25) is 4.90 Å². The molecular weight excluding hydrogens is 394 g/mol. The molecule has 0 amide bonds. The summed E-state index contributed by atoms with van der Waals surface area (Å²) in [7, 11) is 0. The Bertz CT molecular complexity index is 1240. The van der Waals surface area contributed by atoms with Gasteiger partial charge < -0.3 is 14.3 Å². The summed E-state index contributed by atoms with van der Waals surface area (Å²) in [6.45, 7) is 13.8. The molecular formula is C28H33N3O. The third-order valence-corrected chi connectivity index (χ3v) is 6.75. The summed E-state index contributed by atoms with van der Waals surface area (Å²) in [5.41, 5.74) is 7.25. The Morgan fingerprint density at radius 3 is 2.69 bits per heavy atom. The van der Waals surface area contributed by atoms with Crippen molar-refractivity contribution in [1.82, 2.24) is 9.88 Å². The molecule has 4 aromatic rings. The number of rotatable bonds is 7. The monoisotopic (exact) mass is 427 g/mol. The van der Waals surface area contributed by atoms with Crippen LogP contribution in [0.15, 0.2) is 59.7 Å². The lowest BCUT2D eigenvalue weighted by molar-refractivity contribution is 0.253. The minimum Gasteiger partial charge on any atom is -0.456 e. The van der Waals surface area contributed by atoms with Crippen LogP contribution in [0.25, 0.3) is 27.4 Å². The molecule has 0 spiro atoms. The molecule has 0 atom stereocenters. The smallest absolute Gasteiger partial charge is 0.134 e. The van der Waals surface area contributed by atoms with E-state index in [1.807, 2.05) is 6.92 Å². The lowest BCUT2D eigenvalue weighted by Crippen LogP contribution is -2.46. The van der Waals surface area contributed by atoms with Gasteiger partial charge in [-0.25, -0.2) is 0 Å². The zero-order valence-corrected chi connectivity index (χ0v) is 19.3. The molecule has 5 rings (SSSR count). The van der Waals surface area contributed by atoms with Gasteiger partial charge in [0.1, 0.15) is 11.3 Å². The van der Waals surface area contributed by atoms with Crippen LogP contribution in [0, 0.1) is 6.92 Å². The Balaban J connectivity index is 1.10. The number of allylic oxidation sites excluding steroid dienone is 1. The van der Waals surface area contributed by atoms with Gasteiger partial charge in [0.2, 0.25) is 0 Å². The van der Waals surface area contributed by atoms with Crippen LogP contribution in [-0.2, 0) is 6.42 Å². The Kier molecular flexibility index (Phi) is 5.79. The van der Waals surface area contributed by atoms with Crippen molar-refractivity contribution in [1.29, 1.82) is 0 Å². The van der Waals surface area contributed by atoms with E-state index in [0.717, 1.165) is 54.9 Å². The number of H-pyrrole nitrogens is 1. The molecule has 1 saturated heterocycles. The number of nitrogens with zero attached hydrogens (tertiary/aromatic N) is 2. The maximum atomic E-state index is 5.87. The van der Waals surface area contributed by atoms with Crippen LogP contribution >= 0.6 is 0 Å². The molecule has 0 unspecified atom stereocenters. The molecule has 0 bridgehead atoms. The summed E-state index contributed by atoms with van der Waals surface area (Å²) >= 11 is 0. The average molecular weight is 428 g/mol. The lowest BCUT2D eigenvalue weighted by Gasteiger charge is -2.36. The largest absolute Gasteiger partial charge is 0.456 e. The van der Waals surface area contributed by atoms with Crippen LogP contribution in [0.4, 0.5) is 5.69 Å². The fourth-order valence-electron chi connectivity index (χ4n) is 4.82. The van der Waals surface area contributed by atoms with Crippen molar-refractivity contribution in [2.75, 3.05) is 37.6 Å². The van der Waals surface area contributed by atoms with Crippen LogP contribution in [0.1, 0.15) is 36.7 Å². The summed E-state index contributed by atoms with van der Waals surface area (Å²) in [4.78, 5) is 8.53. The molecule has 2 aromatic heterocycles. The molecule has 2 aromatic carbocycles. The van der Waals surface area contributed by atoms with E-state index in [1.165, 1.54) is 47.1 Å². The molecule has 3 heterocycles. The first kappa shape index (κ1) is 20.9. The van der Waals surface area contributed by atoms with Gasteiger partial charge in [-0.15, -0.1) is 0 Å². The van der Waals surface area contributed by atoms with Crippen molar-refractivity contribution in [2.45, 2.75) is 33.1 Å². The molecule has 4 heteroatoms. The van der Waals surface area contributed by atoms with Gasteiger partial charge in [-0.2, -0.15) is 0 Å². The normalized spacial score (nSPS) is 15.1. The van der Waals surface area contributed by atoms with Crippen LogP contribution in [-0.4, -0.2) is 42.6 Å². The summed E-state index contributed by atoms with van der Waals surface area (Å²) in [5, 5.41) is 2.55. The highest BCUT2D eigenvalue weighted by molar-refractivity contribution is 5.85. The van der Waals surface area contributed by atoms with E-state index in [9.17, 15) is 0 Å². The van der Waals surface area contributed by atoms with E-state index in [-0.39, 0.29) is 0 Å². The van der Waals surface area contributed by atoms with E-state index in [2.05, 4.69) is 76.9 Å². The first-order valence-corrected chi connectivity index (χ1v) is 11.8. The van der Waals surface area contributed by atoms with Crippen LogP contribution in [0.2, 0.25) is 0 Å². The highest BCUT2D eigenvalue weighted by atomic mass is 16.3. The third-order valence-electron chi connectivity index (χ3n) is 6.75. The highest BCUT2D eigenvalue weighted by Gasteiger charge is 2.18. The number of anilines is 1. The number of nitrogens with one attached hydrogen (secondary N) is 1. The number of fused-ring (bicyclic) bond motifs is 2. The van der Waals surface area contributed by atoms with Crippen molar-refractivity contribution < 1.29 is 4.42 Å². The van der Waals surface area contributed by atoms with Crippen molar-refractivity contribution in [3.05, 3.63) is 72.1 Å². The highest BCUT2D eigenvalue weighted by Crippen LogP contribution is 2.28. The van der Waals surface area contributed by atoms with Crippen molar-refractivity contribution in [2.24, 2.45) is 0 Å². The molecule has 1 N–H and O–H groups in total. The Morgan fingerprint density at radius 2 is 1.88 bits per heavy atom. The molecule has 0 radical (unpaired) electrons. The van der Waals surface area contributed by atoms with Crippen LogP contribution < -0.4 is 4.90 Å². The first-order chi connectivity index (χ1) is 15.6. The SMILES string of the molecule is C=C(C)c1cc2cc(N3CCN(CCCCc4c[nH]c5ccc(C)cc45)CC3)ccc2o1. The number of piperazine rings is 1. The Hall–Kier alpha value is -2.98. The minimum absolute atomic E-state index is 0.879. The van der Waals surface area contributed by atoms with Crippen LogP contribution in [0.3, 0.4) is 0 Å². The predicted octanol–water partition coefficient (Wildman–Crippen LogP) is 6.40. The van der Waals surface area contributed by atoms with Gasteiger partial charge >= 0.3 is 0 Å². The quantitative estimate of drug-likeness (QED) is 0.347. The van der Waals surface area contributed by atoms with Gasteiger partial charge in [0.25, 0.3) is 0 Å². The summed E-state index contributed by atoms with van der Waals surface area (Å²) in [6.07, 6.45) is 5.84. The van der Waals surface area contributed by atoms with Gasteiger partial charge in [-0.05, 0) is 87.2 Å². The van der Waals surface area contributed by atoms with E-state index in [1.54, 1.807) is 0 Å².